The summed E-state index contributed by atoms with van der Waals surface area (Å²) in [5, 5.41) is 0.653. The van der Waals surface area contributed by atoms with Crippen LogP contribution in [0.5, 0.6) is 11.5 Å². The molecule has 0 saturated heterocycles. The molecule has 0 radical (unpaired) electrons. The summed E-state index contributed by atoms with van der Waals surface area (Å²) in [4.78, 5) is 0. The van der Waals surface area contributed by atoms with Crippen molar-refractivity contribution in [1.29, 1.82) is 0 Å². The Kier molecular flexibility index (Phi) is 8.67. The van der Waals surface area contributed by atoms with Crippen LogP contribution in [0, 0.1) is 23.3 Å². The zero-order valence-electron chi connectivity index (χ0n) is 21.0. The fraction of sp³-hybridized carbons (Fsp3) is 0.267. The van der Waals surface area contributed by atoms with E-state index in [1.54, 1.807) is 6.07 Å². The van der Waals surface area contributed by atoms with Crippen molar-refractivity contribution in [2.75, 3.05) is 6.61 Å². The maximum absolute atomic E-state index is 15.2. The van der Waals surface area contributed by atoms with Gasteiger partial charge in [0.2, 0.25) is 0 Å². The van der Waals surface area contributed by atoms with Crippen molar-refractivity contribution in [3.8, 4) is 22.6 Å². The van der Waals surface area contributed by atoms with Crippen molar-refractivity contribution in [2.24, 2.45) is 0 Å². The van der Waals surface area contributed by atoms with Gasteiger partial charge in [-0.2, -0.15) is 0 Å². The number of ether oxygens (including phenoxy) is 2. The average molecular weight is 551 g/mol. The Hall–Kier alpha value is -3.75. The van der Waals surface area contributed by atoms with Crippen molar-refractivity contribution < 1.29 is 40.2 Å². The first-order valence-electron chi connectivity index (χ1n) is 12.4. The molecule has 0 aliphatic heterocycles. The molecule has 0 spiro atoms. The monoisotopic (exact) mass is 550 g/mol. The smallest absolute Gasteiger partial charge is 0.493 e. The van der Waals surface area contributed by atoms with E-state index in [0.717, 1.165) is 43.5 Å². The van der Waals surface area contributed by atoms with Gasteiger partial charge < -0.3 is 9.47 Å². The molecule has 0 bridgehead atoms. The highest BCUT2D eigenvalue weighted by atomic mass is 19.4. The highest BCUT2D eigenvalue weighted by molar-refractivity contribution is 5.88. The second kappa shape index (κ2) is 12.0. The van der Waals surface area contributed by atoms with Gasteiger partial charge in [-0.3, -0.25) is 0 Å². The molecule has 0 aliphatic carbocycles. The van der Waals surface area contributed by atoms with E-state index in [2.05, 4.69) is 4.74 Å². The quantitative estimate of drug-likeness (QED) is 0.145. The van der Waals surface area contributed by atoms with Gasteiger partial charge in [0.05, 0.1) is 12.2 Å². The minimum Gasteiger partial charge on any atom is -0.493 e. The molecule has 2 nitrogen and oxygen atoms in total. The predicted molar refractivity (Wildman–Crippen MR) is 135 cm³/mol. The summed E-state index contributed by atoms with van der Waals surface area (Å²) in [6.07, 6.45) is -1.99. The molecule has 4 rings (SSSR count). The lowest BCUT2D eigenvalue weighted by Gasteiger charge is -2.12. The Bertz CT molecular complexity index is 1440. The van der Waals surface area contributed by atoms with E-state index in [1.165, 1.54) is 30.3 Å². The largest absolute Gasteiger partial charge is 0.573 e. The van der Waals surface area contributed by atoms with E-state index < -0.39 is 35.4 Å². The van der Waals surface area contributed by atoms with Crippen LogP contribution in [-0.4, -0.2) is 13.0 Å². The Morgan fingerprint density at radius 3 is 2.15 bits per heavy atom. The Morgan fingerprint density at radius 1 is 0.744 bits per heavy atom. The predicted octanol–water partition coefficient (Wildman–Crippen LogP) is 9.32. The topological polar surface area (TPSA) is 18.5 Å². The molecule has 9 heteroatoms. The van der Waals surface area contributed by atoms with Gasteiger partial charge >= 0.3 is 6.36 Å². The molecule has 39 heavy (non-hydrogen) atoms. The molecule has 0 aromatic heterocycles. The number of hydrogen-bond acceptors (Lipinski definition) is 2. The number of fused-ring (bicyclic) bond motifs is 1. The van der Waals surface area contributed by atoms with Crippen LogP contribution in [0.25, 0.3) is 21.9 Å². The Balaban J connectivity index is 1.51. The molecule has 0 fully saturated rings. The SMILES string of the molecule is CCCCCOc1cc(F)c(-c2ccc3c(F)c(CCc4ccc(OC(F)(F)F)c(F)c4)ccc3c2)c(F)c1. The number of rotatable bonds is 10. The average Bonchev–Trinajstić information content (AvgIpc) is 2.87. The van der Waals surface area contributed by atoms with Gasteiger partial charge in [-0.05, 0) is 59.5 Å². The molecule has 0 saturated carbocycles. The number of alkyl halides is 3. The van der Waals surface area contributed by atoms with Gasteiger partial charge in [0.25, 0.3) is 0 Å². The number of aryl methyl sites for hydroxylation is 2. The maximum Gasteiger partial charge on any atom is 0.573 e. The minimum atomic E-state index is -5.01. The fourth-order valence-electron chi connectivity index (χ4n) is 4.32. The molecule has 0 N–H and O–H groups in total. The second-order valence-electron chi connectivity index (χ2n) is 9.10. The van der Waals surface area contributed by atoms with Crippen LogP contribution in [0.4, 0.5) is 30.7 Å². The lowest BCUT2D eigenvalue weighted by atomic mass is 9.96. The summed E-state index contributed by atoms with van der Waals surface area (Å²) in [6.45, 7) is 2.39. The van der Waals surface area contributed by atoms with E-state index >= 15 is 4.39 Å². The fourth-order valence-corrected chi connectivity index (χ4v) is 4.32. The van der Waals surface area contributed by atoms with Gasteiger partial charge in [0.1, 0.15) is 23.2 Å². The summed E-state index contributed by atoms with van der Waals surface area (Å²) in [5.74, 6) is -4.16. The van der Waals surface area contributed by atoms with E-state index in [1.807, 2.05) is 6.92 Å². The van der Waals surface area contributed by atoms with Gasteiger partial charge in [0, 0.05) is 17.5 Å². The van der Waals surface area contributed by atoms with Crippen LogP contribution in [0.15, 0.2) is 60.7 Å². The van der Waals surface area contributed by atoms with Crippen LogP contribution in [0.3, 0.4) is 0 Å². The maximum atomic E-state index is 15.2. The van der Waals surface area contributed by atoms with Gasteiger partial charge in [0.15, 0.2) is 11.6 Å². The third kappa shape index (κ3) is 7.02. The first-order valence-corrected chi connectivity index (χ1v) is 12.4. The van der Waals surface area contributed by atoms with Gasteiger partial charge in [-0.1, -0.05) is 50.1 Å². The number of halogens is 7. The van der Waals surface area contributed by atoms with E-state index in [4.69, 9.17) is 4.74 Å². The van der Waals surface area contributed by atoms with Crippen LogP contribution in [-0.2, 0) is 12.8 Å². The minimum absolute atomic E-state index is 0.101. The lowest BCUT2D eigenvalue weighted by molar-refractivity contribution is -0.275. The van der Waals surface area contributed by atoms with Gasteiger partial charge in [-0.25, -0.2) is 17.6 Å². The molecular weight excluding hydrogens is 525 g/mol. The van der Waals surface area contributed by atoms with E-state index in [9.17, 15) is 26.3 Å². The van der Waals surface area contributed by atoms with Crippen LogP contribution in [0.2, 0.25) is 0 Å². The molecule has 206 valence electrons. The summed E-state index contributed by atoms with van der Waals surface area (Å²) >= 11 is 0. The molecule has 0 atom stereocenters. The number of hydrogen-bond donors (Lipinski definition) is 0. The van der Waals surface area contributed by atoms with Crippen molar-refractivity contribution in [3.63, 3.8) is 0 Å². The zero-order valence-corrected chi connectivity index (χ0v) is 21.0. The first-order chi connectivity index (χ1) is 18.6. The molecular formula is C30H25F7O2. The van der Waals surface area contributed by atoms with E-state index in [-0.39, 0.29) is 35.1 Å². The van der Waals surface area contributed by atoms with Crippen molar-refractivity contribution in [3.05, 3.63) is 95.1 Å². The van der Waals surface area contributed by atoms with Crippen LogP contribution in [0.1, 0.15) is 37.3 Å². The molecule has 0 amide bonds. The summed E-state index contributed by atoms with van der Waals surface area (Å²) in [5.41, 5.74) is 0.648. The highest BCUT2D eigenvalue weighted by Gasteiger charge is 2.32. The first kappa shape index (κ1) is 28.3. The normalized spacial score (nSPS) is 11.7. The van der Waals surface area contributed by atoms with Crippen molar-refractivity contribution in [1.82, 2.24) is 0 Å². The molecule has 4 aromatic rings. The Morgan fingerprint density at radius 2 is 1.49 bits per heavy atom. The summed E-state index contributed by atoms with van der Waals surface area (Å²) < 4.78 is 105. The highest BCUT2D eigenvalue weighted by Crippen LogP contribution is 2.33. The van der Waals surface area contributed by atoms with E-state index in [0.29, 0.717) is 23.1 Å². The molecule has 4 aromatic carbocycles. The van der Waals surface area contributed by atoms with Crippen molar-refractivity contribution in [2.45, 2.75) is 45.4 Å². The summed E-state index contributed by atoms with van der Waals surface area (Å²) in [6, 6.07) is 12.8. The summed E-state index contributed by atoms with van der Waals surface area (Å²) in [7, 11) is 0. The molecule has 0 aliphatic rings. The second-order valence-corrected chi connectivity index (χ2v) is 9.10. The Labute approximate surface area is 221 Å². The molecule has 0 heterocycles. The number of unbranched alkanes of at least 4 members (excludes halogenated alkanes) is 2. The van der Waals surface area contributed by atoms with Crippen LogP contribution >= 0.6 is 0 Å². The third-order valence-electron chi connectivity index (χ3n) is 6.26. The van der Waals surface area contributed by atoms with Crippen molar-refractivity contribution >= 4 is 10.8 Å². The number of benzene rings is 4. The molecule has 0 unspecified atom stereocenters. The lowest BCUT2D eigenvalue weighted by Crippen LogP contribution is -2.18. The third-order valence-corrected chi connectivity index (χ3v) is 6.26. The standard InChI is InChI=1S/C30H25F7O2/c1-2-3-4-13-38-22-16-25(32)28(26(33)17-22)21-10-11-23-20(15-21)9-8-19(29(23)34)7-5-18-6-12-27(24(31)14-18)39-30(35,36)37/h6,8-12,14-17H,2-5,7,13H2,1H3. The van der Waals surface area contributed by atoms with Gasteiger partial charge in [-0.15, -0.1) is 13.2 Å². The zero-order chi connectivity index (χ0) is 28.2. The van der Waals surface area contributed by atoms with Crippen LogP contribution < -0.4 is 9.47 Å².